The molecule has 0 unspecified atom stereocenters. The quantitative estimate of drug-likeness (QED) is 0.639. The second kappa shape index (κ2) is 9.65. The van der Waals surface area contributed by atoms with Crippen LogP contribution in [0, 0.1) is 5.82 Å². The lowest BCUT2D eigenvalue weighted by atomic mass is 10.1. The fourth-order valence-electron chi connectivity index (χ4n) is 3.01. The molecular formula is C23H24FN3O. The fourth-order valence-corrected chi connectivity index (χ4v) is 3.01. The summed E-state index contributed by atoms with van der Waals surface area (Å²) in [6, 6.07) is 20.3. The molecule has 1 amide bonds. The number of halogens is 1. The van der Waals surface area contributed by atoms with Gasteiger partial charge in [-0.3, -0.25) is 4.79 Å². The molecular weight excluding hydrogens is 353 g/mol. The Hall–Kier alpha value is -3.21. The molecule has 0 bridgehead atoms. The van der Waals surface area contributed by atoms with Gasteiger partial charge in [0.15, 0.2) is 0 Å². The first-order valence-electron chi connectivity index (χ1n) is 9.44. The Balaban J connectivity index is 1.62. The van der Waals surface area contributed by atoms with E-state index >= 15 is 0 Å². The average molecular weight is 377 g/mol. The lowest BCUT2D eigenvalue weighted by Crippen LogP contribution is -2.27. The van der Waals surface area contributed by atoms with E-state index < -0.39 is 0 Å². The van der Waals surface area contributed by atoms with Crippen molar-refractivity contribution < 1.29 is 9.18 Å². The van der Waals surface area contributed by atoms with Gasteiger partial charge in [-0.2, -0.15) is 0 Å². The van der Waals surface area contributed by atoms with E-state index in [2.05, 4.69) is 34.3 Å². The lowest BCUT2D eigenvalue weighted by Gasteiger charge is -2.22. The van der Waals surface area contributed by atoms with Gasteiger partial charge in [0.2, 0.25) is 0 Å². The van der Waals surface area contributed by atoms with Crippen LogP contribution in [0.4, 0.5) is 10.2 Å². The zero-order chi connectivity index (χ0) is 19.8. The van der Waals surface area contributed by atoms with E-state index in [1.807, 2.05) is 18.2 Å². The number of nitrogens with one attached hydrogen (secondary N) is 1. The number of anilines is 1. The van der Waals surface area contributed by atoms with E-state index in [4.69, 9.17) is 0 Å². The van der Waals surface area contributed by atoms with Gasteiger partial charge in [0.25, 0.3) is 5.91 Å². The largest absolute Gasteiger partial charge is 0.353 e. The van der Waals surface area contributed by atoms with Gasteiger partial charge in [0.1, 0.15) is 11.6 Å². The number of hydrogen-bond acceptors (Lipinski definition) is 3. The molecule has 0 aliphatic carbocycles. The summed E-state index contributed by atoms with van der Waals surface area (Å²) in [5.74, 6) is 0.325. The van der Waals surface area contributed by atoms with Crippen molar-refractivity contribution in [3.05, 3.63) is 95.4 Å². The van der Waals surface area contributed by atoms with Gasteiger partial charge in [0.05, 0.1) is 0 Å². The van der Waals surface area contributed by atoms with Crippen LogP contribution in [0.5, 0.6) is 0 Å². The minimum Gasteiger partial charge on any atom is -0.353 e. The number of pyridine rings is 1. The maximum Gasteiger partial charge on any atom is 0.251 e. The Morgan fingerprint density at radius 3 is 2.57 bits per heavy atom. The molecule has 1 N–H and O–H groups in total. The fraction of sp³-hybridized carbons (Fsp3) is 0.217. The predicted octanol–water partition coefficient (Wildman–Crippen LogP) is 4.22. The molecule has 1 aromatic heterocycles. The molecule has 0 fully saturated rings. The van der Waals surface area contributed by atoms with Gasteiger partial charge >= 0.3 is 0 Å². The maximum atomic E-state index is 13.7. The summed E-state index contributed by atoms with van der Waals surface area (Å²) in [7, 11) is 0. The molecule has 0 radical (unpaired) electrons. The summed E-state index contributed by atoms with van der Waals surface area (Å²) >= 11 is 0. The number of amides is 1. The number of carbonyl (C=O) groups excluding carboxylic acids is 1. The van der Waals surface area contributed by atoms with Crippen LogP contribution in [-0.4, -0.2) is 24.0 Å². The SMILES string of the molecule is CCN(Cc1ccccc1)c1cc(C(=O)NCCc2ccccc2F)ccn1. The molecule has 2 aromatic carbocycles. The van der Waals surface area contributed by atoms with Gasteiger partial charge < -0.3 is 10.2 Å². The number of rotatable bonds is 8. The third-order valence-corrected chi connectivity index (χ3v) is 4.57. The van der Waals surface area contributed by atoms with E-state index in [0.29, 0.717) is 24.1 Å². The highest BCUT2D eigenvalue weighted by molar-refractivity contribution is 5.94. The lowest BCUT2D eigenvalue weighted by molar-refractivity contribution is 0.0954. The van der Waals surface area contributed by atoms with Crippen LogP contribution < -0.4 is 10.2 Å². The second-order valence-electron chi connectivity index (χ2n) is 6.50. The summed E-state index contributed by atoms with van der Waals surface area (Å²) in [6.07, 6.45) is 2.10. The second-order valence-corrected chi connectivity index (χ2v) is 6.50. The van der Waals surface area contributed by atoms with E-state index in [0.717, 1.165) is 18.9 Å². The van der Waals surface area contributed by atoms with Gasteiger partial charge in [-0.05, 0) is 42.7 Å². The van der Waals surface area contributed by atoms with Crippen molar-refractivity contribution in [2.75, 3.05) is 18.0 Å². The third-order valence-electron chi connectivity index (χ3n) is 4.57. The Bertz CT molecular complexity index is 914. The number of hydrogen-bond donors (Lipinski definition) is 1. The van der Waals surface area contributed by atoms with Crippen LogP contribution >= 0.6 is 0 Å². The smallest absolute Gasteiger partial charge is 0.251 e. The molecule has 0 saturated carbocycles. The molecule has 0 spiro atoms. The van der Waals surface area contributed by atoms with E-state index in [1.54, 1.807) is 36.5 Å². The van der Waals surface area contributed by atoms with Crippen LogP contribution in [-0.2, 0) is 13.0 Å². The Morgan fingerprint density at radius 1 is 1.07 bits per heavy atom. The van der Waals surface area contributed by atoms with E-state index in [-0.39, 0.29) is 11.7 Å². The standard InChI is InChI=1S/C23H24FN3O/c1-2-27(17-18-8-4-3-5-9-18)22-16-20(13-14-25-22)23(28)26-15-12-19-10-6-7-11-21(19)24/h3-11,13-14,16H,2,12,15,17H2,1H3,(H,26,28). The average Bonchev–Trinajstić information content (AvgIpc) is 2.74. The normalized spacial score (nSPS) is 10.5. The highest BCUT2D eigenvalue weighted by Crippen LogP contribution is 2.16. The number of benzene rings is 2. The minimum atomic E-state index is -0.248. The first-order chi connectivity index (χ1) is 13.7. The van der Waals surface area contributed by atoms with Crippen LogP contribution in [0.2, 0.25) is 0 Å². The van der Waals surface area contributed by atoms with E-state index in [9.17, 15) is 9.18 Å². The molecule has 0 aliphatic rings. The van der Waals surface area contributed by atoms with Crippen molar-refractivity contribution in [2.45, 2.75) is 19.9 Å². The highest BCUT2D eigenvalue weighted by atomic mass is 19.1. The van der Waals surface area contributed by atoms with Crippen molar-refractivity contribution in [2.24, 2.45) is 0 Å². The monoisotopic (exact) mass is 377 g/mol. The topological polar surface area (TPSA) is 45.2 Å². The molecule has 0 atom stereocenters. The first-order valence-corrected chi connectivity index (χ1v) is 9.44. The number of carbonyl (C=O) groups is 1. The zero-order valence-electron chi connectivity index (χ0n) is 15.9. The number of aromatic nitrogens is 1. The van der Waals surface area contributed by atoms with Gasteiger partial charge in [-0.1, -0.05) is 48.5 Å². The van der Waals surface area contributed by atoms with Crippen molar-refractivity contribution in [1.82, 2.24) is 10.3 Å². The van der Waals surface area contributed by atoms with Crippen LogP contribution in [0.25, 0.3) is 0 Å². The highest BCUT2D eigenvalue weighted by Gasteiger charge is 2.11. The van der Waals surface area contributed by atoms with Gasteiger partial charge in [0, 0.05) is 31.4 Å². The Kier molecular flexibility index (Phi) is 6.73. The molecule has 5 heteroatoms. The predicted molar refractivity (Wildman–Crippen MR) is 110 cm³/mol. The molecule has 4 nitrogen and oxygen atoms in total. The van der Waals surface area contributed by atoms with Crippen molar-refractivity contribution >= 4 is 11.7 Å². The van der Waals surface area contributed by atoms with Gasteiger partial charge in [-0.15, -0.1) is 0 Å². The van der Waals surface area contributed by atoms with Gasteiger partial charge in [-0.25, -0.2) is 9.37 Å². The summed E-state index contributed by atoms with van der Waals surface area (Å²) < 4.78 is 13.7. The summed E-state index contributed by atoms with van der Waals surface area (Å²) in [5.41, 5.74) is 2.33. The maximum absolute atomic E-state index is 13.7. The molecule has 1 heterocycles. The van der Waals surface area contributed by atoms with Crippen LogP contribution in [0.15, 0.2) is 72.9 Å². The third kappa shape index (κ3) is 5.16. The van der Waals surface area contributed by atoms with Crippen molar-refractivity contribution in [3.8, 4) is 0 Å². The summed E-state index contributed by atoms with van der Waals surface area (Å²) in [4.78, 5) is 19.0. The molecule has 28 heavy (non-hydrogen) atoms. The van der Waals surface area contributed by atoms with Crippen molar-refractivity contribution in [1.29, 1.82) is 0 Å². The molecule has 0 aliphatic heterocycles. The minimum absolute atomic E-state index is 0.184. The molecule has 3 rings (SSSR count). The summed E-state index contributed by atoms with van der Waals surface area (Å²) in [5, 5.41) is 2.86. The van der Waals surface area contributed by atoms with Crippen LogP contribution in [0.3, 0.4) is 0 Å². The molecule has 144 valence electrons. The first kappa shape index (κ1) is 19.5. The zero-order valence-corrected chi connectivity index (χ0v) is 15.9. The van der Waals surface area contributed by atoms with Crippen molar-refractivity contribution in [3.63, 3.8) is 0 Å². The Labute approximate surface area is 165 Å². The molecule has 0 saturated heterocycles. The number of nitrogens with zero attached hydrogens (tertiary/aromatic N) is 2. The summed E-state index contributed by atoms with van der Waals surface area (Å²) in [6.45, 7) is 3.94. The van der Waals surface area contributed by atoms with Crippen LogP contribution in [0.1, 0.15) is 28.4 Å². The molecule has 3 aromatic rings. The van der Waals surface area contributed by atoms with E-state index in [1.165, 1.54) is 11.6 Å². The Morgan fingerprint density at radius 2 is 1.82 bits per heavy atom.